The predicted octanol–water partition coefficient (Wildman–Crippen LogP) is 5.14. The summed E-state index contributed by atoms with van der Waals surface area (Å²) in [4.78, 5) is 38.8. The molecule has 0 radical (unpaired) electrons. The highest BCUT2D eigenvalue weighted by Gasteiger charge is 2.34. The molecule has 0 spiro atoms. The zero-order chi connectivity index (χ0) is 26.2. The van der Waals surface area contributed by atoms with Crippen LogP contribution >= 0.6 is 11.8 Å². The first-order valence-corrected chi connectivity index (χ1v) is 12.4. The highest BCUT2D eigenvalue weighted by atomic mass is 32.2. The van der Waals surface area contributed by atoms with Gasteiger partial charge in [0, 0.05) is 5.69 Å². The average Bonchev–Trinajstić information content (AvgIpc) is 3.17. The van der Waals surface area contributed by atoms with Crippen LogP contribution in [0.4, 0.5) is 10.5 Å². The van der Waals surface area contributed by atoms with Crippen molar-refractivity contribution in [2.75, 3.05) is 32.2 Å². The summed E-state index contributed by atoms with van der Waals surface area (Å²) in [5.74, 6) is 1.01. The zero-order valence-electron chi connectivity index (χ0n) is 20.4. The summed E-state index contributed by atoms with van der Waals surface area (Å²) in [5, 5.41) is 2.47. The third-order valence-corrected chi connectivity index (χ3v) is 6.39. The molecule has 190 valence electrons. The second kappa shape index (κ2) is 12.1. The first kappa shape index (κ1) is 25.8. The summed E-state index contributed by atoms with van der Waals surface area (Å²) in [6.07, 6.45) is 1.65. The van der Waals surface area contributed by atoms with Gasteiger partial charge in [-0.3, -0.25) is 19.3 Å². The van der Waals surface area contributed by atoms with Gasteiger partial charge in [-0.05, 0) is 66.2 Å². The van der Waals surface area contributed by atoms with E-state index in [1.807, 2.05) is 43.3 Å². The number of nitrogens with zero attached hydrogens (tertiary/aromatic N) is 1. The van der Waals surface area contributed by atoms with Gasteiger partial charge in [-0.25, -0.2) is 0 Å². The molecule has 1 saturated heterocycles. The van der Waals surface area contributed by atoms with Crippen molar-refractivity contribution in [1.82, 2.24) is 4.90 Å². The second-order valence-electron chi connectivity index (χ2n) is 8.05. The van der Waals surface area contributed by atoms with Gasteiger partial charge in [-0.1, -0.05) is 42.5 Å². The molecule has 3 aromatic carbocycles. The first-order chi connectivity index (χ1) is 17.9. The van der Waals surface area contributed by atoms with Crippen molar-refractivity contribution in [3.05, 3.63) is 88.8 Å². The quantitative estimate of drug-likeness (QED) is 0.372. The molecular formula is C28H26N2O6S. The van der Waals surface area contributed by atoms with Crippen LogP contribution in [0.2, 0.25) is 0 Å². The molecule has 0 bridgehead atoms. The molecule has 37 heavy (non-hydrogen) atoms. The Morgan fingerprint density at radius 3 is 2.38 bits per heavy atom. The lowest BCUT2D eigenvalue weighted by molar-refractivity contribution is -0.123. The van der Waals surface area contributed by atoms with Crippen molar-refractivity contribution in [1.29, 1.82) is 0 Å². The summed E-state index contributed by atoms with van der Waals surface area (Å²) in [7, 11) is 1.55. The molecule has 3 amide bonds. The Balaban J connectivity index is 1.29. The van der Waals surface area contributed by atoms with Crippen LogP contribution < -0.4 is 19.5 Å². The van der Waals surface area contributed by atoms with Crippen LogP contribution in [0.1, 0.15) is 11.1 Å². The lowest BCUT2D eigenvalue weighted by Crippen LogP contribution is -2.32. The third kappa shape index (κ3) is 6.71. The fourth-order valence-corrected chi connectivity index (χ4v) is 4.40. The number of para-hydroxylation sites is 3. The van der Waals surface area contributed by atoms with Crippen LogP contribution in [0.15, 0.2) is 77.7 Å². The van der Waals surface area contributed by atoms with E-state index in [4.69, 9.17) is 14.2 Å². The molecule has 0 saturated carbocycles. The number of benzene rings is 3. The fourth-order valence-electron chi connectivity index (χ4n) is 3.54. The summed E-state index contributed by atoms with van der Waals surface area (Å²) < 4.78 is 16.5. The fraction of sp³-hybridized carbons (Fsp3) is 0.179. The highest BCUT2D eigenvalue weighted by molar-refractivity contribution is 8.18. The van der Waals surface area contributed by atoms with Crippen molar-refractivity contribution < 1.29 is 28.6 Å². The standard InChI is InChI=1S/C28H26N2O6S/c1-19-7-3-4-8-22(19)29-26(31)18-36-21-13-11-20(12-14-21)17-25-27(32)30(28(33)37-25)15-16-35-24-10-6-5-9-23(24)34-2/h3-14,17H,15-16,18H2,1-2H3,(H,29,31)/b25-17-. The number of imide groups is 1. The van der Waals surface area contributed by atoms with Crippen molar-refractivity contribution >= 4 is 40.6 Å². The van der Waals surface area contributed by atoms with Crippen LogP contribution in [0.25, 0.3) is 6.08 Å². The summed E-state index contributed by atoms with van der Waals surface area (Å²) >= 11 is 0.885. The largest absolute Gasteiger partial charge is 0.493 e. The van der Waals surface area contributed by atoms with Crippen LogP contribution in [0.5, 0.6) is 17.2 Å². The maximum absolute atomic E-state index is 12.8. The number of thioether (sulfide) groups is 1. The van der Waals surface area contributed by atoms with Gasteiger partial charge in [0.2, 0.25) is 0 Å². The number of anilines is 1. The number of methoxy groups -OCH3 is 1. The van der Waals surface area contributed by atoms with Gasteiger partial charge in [0.1, 0.15) is 12.4 Å². The predicted molar refractivity (Wildman–Crippen MR) is 143 cm³/mol. The van der Waals surface area contributed by atoms with E-state index in [1.165, 1.54) is 0 Å². The Labute approximate surface area is 219 Å². The molecule has 0 unspecified atom stereocenters. The van der Waals surface area contributed by atoms with E-state index >= 15 is 0 Å². The van der Waals surface area contributed by atoms with E-state index in [0.717, 1.165) is 33.5 Å². The Bertz CT molecular complexity index is 1320. The van der Waals surface area contributed by atoms with Crippen LogP contribution in [-0.4, -0.2) is 48.8 Å². The first-order valence-electron chi connectivity index (χ1n) is 11.5. The van der Waals surface area contributed by atoms with Crippen molar-refractivity contribution in [3.63, 3.8) is 0 Å². The van der Waals surface area contributed by atoms with Gasteiger partial charge in [-0.15, -0.1) is 0 Å². The van der Waals surface area contributed by atoms with Gasteiger partial charge >= 0.3 is 0 Å². The molecule has 0 aliphatic carbocycles. The Morgan fingerprint density at radius 1 is 0.946 bits per heavy atom. The Morgan fingerprint density at radius 2 is 1.65 bits per heavy atom. The van der Waals surface area contributed by atoms with Gasteiger partial charge in [-0.2, -0.15) is 0 Å². The van der Waals surface area contributed by atoms with Gasteiger partial charge in [0.25, 0.3) is 17.1 Å². The number of carbonyl (C=O) groups excluding carboxylic acids is 3. The number of nitrogens with one attached hydrogen (secondary N) is 1. The number of amides is 3. The Hall–Kier alpha value is -4.24. The monoisotopic (exact) mass is 518 g/mol. The third-order valence-electron chi connectivity index (χ3n) is 5.48. The van der Waals surface area contributed by atoms with Crippen LogP contribution in [0, 0.1) is 6.92 Å². The molecule has 3 aromatic rings. The molecule has 1 fully saturated rings. The second-order valence-corrected chi connectivity index (χ2v) is 9.05. The van der Waals surface area contributed by atoms with Crippen LogP contribution in [-0.2, 0) is 9.59 Å². The molecule has 1 aliphatic rings. The number of carbonyl (C=O) groups is 3. The molecule has 8 nitrogen and oxygen atoms in total. The van der Waals surface area contributed by atoms with Crippen molar-refractivity contribution in [2.45, 2.75) is 6.92 Å². The number of hydrogen-bond acceptors (Lipinski definition) is 7. The topological polar surface area (TPSA) is 94.2 Å². The minimum Gasteiger partial charge on any atom is -0.493 e. The molecule has 0 aromatic heterocycles. The van der Waals surface area contributed by atoms with Crippen molar-refractivity contribution in [3.8, 4) is 17.2 Å². The SMILES string of the molecule is COc1ccccc1OCCN1C(=O)S/C(=C\c2ccc(OCC(=O)Nc3ccccc3C)cc2)C1=O. The summed E-state index contributed by atoms with van der Waals surface area (Å²) in [5.41, 5.74) is 2.44. The number of rotatable bonds is 10. The molecule has 0 atom stereocenters. The smallest absolute Gasteiger partial charge is 0.293 e. The summed E-state index contributed by atoms with van der Waals surface area (Å²) in [6.45, 7) is 2.05. The van der Waals surface area contributed by atoms with E-state index in [0.29, 0.717) is 22.2 Å². The zero-order valence-corrected chi connectivity index (χ0v) is 21.2. The van der Waals surface area contributed by atoms with E-state index in [9.17, 15) is 14.4 Å². The van der Waals surface area contributed by atoms with Gasteiger partial charge in [0.05, 0.1) is 18.6 Å². The summed E-state index contributed by atoms with van der Waals surface area (Å²) in [6, 6.07) is 21.6. The van der Waals surface area contributed by atoms with Gasteiger partial charge < -0.3 is 19.5 Å². The van der Waals surface area contributed by atoms with E-state index in [2.05, 4.69) is 5.32 Å². The van der Waals surface area contributed by atoms with E-state index < -0.39 is 0 Å². The minimum absolute atomic E-state index is 0.122. The Kier molecular flexibility index (Phi) is 8.48. The normalized spacial score (nSPS) is 14.1. The maximum Gasteiger partial charge on any atom is 0.293 e. The molecule has 1 aliphatic heterocycles. The number of hydrogen-bond donors (Lipinski definition) is 1. The van der Waals surface area contributed by atoms with Gasteiger partial charge in [0.15, 0.2) is 18.1 Å². The highest BCUT2D eigenvalue weighted by Crippen LogP contribution is 2.32. The average molecular weight is 519 g/mol. The lowest BCUT2D eigenvalue weighted by Gasteiger charge is -2.14. The van der Waals surface area contributed by atoms with Crippen LogP contribution in [0.3, 0.4) is 0 Å². The number of aryl methyl sites for hydroxylation is 1. The number of ether oxygens (including phenoxy) is 3. The van der Waals surface area contributed by atoms with E-state index in [-0.39, 0.29) is 36.8 Å². The van der Waals surface area contributed by atoms with E-state index in [1.54, 1.807) is 49.6 Å². The molecule has 1 heterocycles. The minimum atomic E-state index is -0.369. The molecule has 1 N–H and O–H groups in total. The van der Waals surface area contributed by atoms with Crippen molar-refractivity contribution in [2.24, 2.45) is 0 Å². The molecular weight excluding hydrogens is 492 g/mol. The molecule has 4 rings (SSSR count). The lowest BCUT2D eigenvalue weighted by atomic mass is 10.2. The molecule has 9 heteroatoms. The maximum atomic E-state index is 12.8.